The highest BCUT2D eigenvalue weighted by atomic mass is 16.5. The SMILES string of the molecule is N#Cc1ccc2nc(N)n(CC3CCOC3)c2c1. The molecule has 5 nitrogen and oxygen atoms in total. The van der Waals surface area contributed by atoms with Gasteiger partial charge in [-0.1, -0.05) is 0 Å². The van der Waals surface area contributed by atoms with Crippen LogP contribution in [0, 0.1) is 17.2 Å². The summed E-state index contributed by atoms with van der Waals surface area (Å²) in [7, 11) is 0. The summed E-state index contributed by atoms with van der Waals surface area (Å²) in [6.07, 6.45) is 1.05. The van der Waals surface area contributed by atoms with Gasteiger partial charge in [0.05, 0.1) is 29.3 Å². The fraction of sp³-hybridized carbons (Fsp3) is 0.385. The van der Waals surface area contributed by atoms with E-state index in [9.17, 15) is 0 Å². The third-order valence-corrected chi connectivity index (χ3v) is 3.37. The first-order valence-electron chi connectivity index (χ1n) is 6.01. The molecule has 0 saturated carbocycles. The van der Waals surface area contributed by atoms with Crippen LogP contribution in [0.5, 0.6) is 0 Å². The fourth-order valence-electron chi connectivity index (χ4n) is 2.39. The van der Waals surface area contributed by atoms with Crippen molar-refractivity contribution in [2.45, 2.75) is 13.0 Å². The number of imidazole rings is 1. The third kappa shape index (κ3) is 1.81. The second-order valence-corrected chi connectivity index (χ2v) is 4.63. The van der Waals surface area contributed by atoms with Crippen LogP contribution in [0.4, 0.5) is 5.95 Å². The first-order valence-corrected chi connectivity index (χ1v) is 6.01. The molecule has 5 heteroatoms. The number of ether oxygens (including phenoxy) is 1. The van der Waals surface area contributed by atoms with Gasteiger partial charge in [0.1, 0.15) is 0 Å². The van der Waals surface area contributed by atoms with E-state index < -0.39 is 0 Å². The zero-order valence-electron chi connectivity index (χ0n) is 9.97. The molecule has 1 aliphatic heterocycles. The molecule has 0 spiro atoms. The zero-order chi connectivity index (χ0) is 12.5. The van der Waals surface area contributed by atoms with Crippen molar-refractivity contribution in [1.82, 2.24) is 9.55 Å². The number of nitrogens with zero attached hydrogens (tertiary/aromatic N) is 3. The van der Waals surface area contributed by atoms with E-state index in [2.05, 4.69) is 11.1 Å². The Labute approximate surface area is 105 Å². The molecular weight excluding hydrogens is 228 g/mol. The number of nitrogen functional groups attached to an aromatic ring is 1. The smallest absolute Gasteiger partial charge is 0.201 e. The molecule has 0 amide bonds. The maximum atomic E-state index is 8.95. The highest BCUT2D eigenvalue weighted by Crippen LogP contribution is 2.23. The molecule has 2 N–H and O–H groups in total. The second kappa shape index (κ2) is 4.31. The first-order chi connectivity index (χ1) is 8.78. The van der Waals surface area contributed by atoms with Gasteiger partial charge in [-0.2, -0.15) is 5.26 Å². The van der Waals surface area contributed by atoms with Crippen molar-refractivity contribution in [3.63, 3.8) is 0 Å². The molecule has 18 heavy (non-hydrogen) atoms. The van der Waals surface area contributed by atoms with Gasteiger partial charge in [0, 0.05) is 19.1 Å². The maximum absolute atomic E-state index is 8.95. The number of anilines is 1. The molecule has 1 aromatic carbocycles. The Bertz CT molecular complexity index is 620. The van der Waals surface area contributed by atoms with Crippen LogP contribution in [0.25, 0.3) is 11.0 Å². The number of hydrogen-bond donors (Lipinski definition) is 1. The Balaban J connectivity index is 2.03. The molecule has 1 unspecified atom stereocenters. The molecule has 1 atom stereocenters. The molecule has 1 aromatic heterocycles. The fourth-order valence-corrected chi connectivity index (χ4v) is 2.39. The average Bonchev–Trinajstić information content (AvgIpc) is 2.99. The molecular formula is C13H14N4O. The highest BCUT2D eigenvalue weighted by Gasteiger charge is 2.19. The van der Waals surface area contributed by atoms with Crippen LogP contribution in [-0.4, -0.2) is 22.8 Å². The summed E-state index contributed by atoms with van der Waals surface area (Å²) in [4.78, 5) is 4.32. The molecule has 1 aliphatic rings. The summed E-state index contributed by atoms with van der Waals surface area (Å²) in [6, 6.07) is 7.59. The summed E-state index contributed by atoms with van der Waals surface area (Å²) in [5, 5.41) is 8.95. The predicted octanol–water partition coefficient (Wildman–Crippen LogP) is 1.53. The number of fused-ring (bicyclic) bond motifs is 1. The lowest BCUT2D eigenvalue weighted by atomic mass is 10.1. The molecule has 0 aliphatic carbocycles. The number of aromatic nitrogens is 2. The highest BCUT2D eigenvalue weighted by molar-refractivity contribution is 5.79. The van der Waals surface area contributed by atoms with E-state index in [4.69, 9.17) is 15.7 Å². The van der Waals surface area contributed by atoms with E-state index in [1.54, 1.807) is 6.07 Å². The van der Waals surface area contributed by atoms with Crippen molar-refractivity contribution in [3.8, 4) is 6.07 Å². The summed E-state index contributed by atoms with van der Waals surface area (Å²) < 4.78 is 7.36. The Morgan fingerprint density at radius 2 is 2.44 bits per heavy atom. The van der Waals surface area contributed by atoms with Crippen LogP contribution in [0.3, 0.4) is 0 Å². The monoisotopic (exact) mass is 242 g/mol. The average molecular weight is 242 g/mol. The summed E-state index contributed by atoms with van der Waals surface area (Å²) >= 11 is 0. The lowest BCUT2D eigenvalue weighted by Gasteiger charge is -2.11. The summed E-state index contributed by atoms with van der Waals surface area (Å²) in [5.74, 6) is 0.988. The van der Waals surface area contributed by atoms with Crippen LogP contribution in [0.1, 0.15) is 12.0 Å². The third-order valence-electron chi connectivity index (χ3n) is 3.37. The van der Waals surface area contributed by atoms with Crippen LogP contribution < -0.4 is 5.73 Å². The van der Waals surface area contributed by atoms with Crippen molar-refractivity contribution in [3.05, 3.63) is 23.8 Å². The zero-order valence-corrected chi connectivity index (χ0v) is 9.97. The Kier molecular flexibility index (Phi) is 2.65. The minimum atomic E-state index is 0.482. The number of hydrogen-bond acceptors (Lipinski definition) is 4. The summed E-state index contributed by atoms with van der Waals surface area (Å²) in [5.41, 5.74) is 8.35. The first kappa shape index (κ1) is 11.1. The molecule has 3 rings (SSSR count). The number of rotatable bonds is 2. The molecule has 2 aromatic rings. The second-order valence-electron chi connectivity index (χ2n) is 4.63. The minimum Gasteiger partial charge on any atom is -0.381 e. The van der Waals surface area contributed by atoms with Crippen molar-refractivity contribution in [1.29, 1.82) is 5.26 Å². The Morgan fingerprint density at radius 3 is 3.17 bits per heavy atom. The standard InChI is InChI=1S/C13H14N4O/c14-6-9-1-2-11-12(5-9)17(13(15)16-11)7-10-3-4-18-8-10/h1-2,5,10H,3-4,7-8H2,(H2,15,16). The van der Waals surface area contributed by atoms with Gasteiger partial charge in [-0.05, 0) is 24.6 Å². The van der Waals surface area contributed by atoms with Crippen molar-refractivity contribution >= 4 is 17.0 Å². The van der Waals surface area contributed by atoms with E-state index in [0.29, 0.717) is 17.4 Å². The molecule has 1 saturated heterocycles. The van der Waals surface area contributed by atoms with Crippen LogP contribution in [-0.2, 0) is 11.3 Å². The number of nitriles is 1. The van der Waals surface area contributed by atoms with E-state index >= 15 is 0 Å². The molecule has 1 fully saturated rings. The summed E-state index contributed by atoms with van der Waals surface area (Å²) in [6.45, 7) is 2.40. The predicted molar refractivity (Wildman–Crippen MR) is 67.8 cm³/mol. The molecule has 92 valence electrons. The number of benzene rings is 1. The molecule has 2 heterocycles. The van der Waals surface area contributed by atoms with Crippen LogP contribution >= 0.6 is 0 Å². The van der Waals surface area contributed by atoms with Gasteiger partial charge in [-0.15, -0.1) is 0 Å². The van der Waals surface area contributed by atoms with Gasteiger partial charge in [0.15, 0.2) is 0 Å². The Morgan fingerprint density at radius 1 is 1.56 bits per heavy atom. The van der Waals surface area contributed by atoms with Gasteiger partial charge >= 0.3 is 0 Å². The Hall–Kier alpha value is -2.06. The minimum absolute atomic E-state index is 0.482. The quantitative estimate of drug-likeness (QED) is 0.866. The van der Waals surface area contributed by atoms with Gasteiger partial charge in [0.25, 0.3) is 0 Å². The van der Waals surface area contributed by atoms with E-state index in [0.717, 1.165) is 37.2 Å². The van der Waals surface area contributed by atoms with Crippen molar-refractivity contribution in [2.75, 3.05) is 18.9 Å². The molecule has 0 radical (unpaired) electrons. The van der Waals surface area contributed by atoms with Crippen LogP contribution in [0.2, 0.25) is 0 Å². The van der Waals surface area contributed by atoms with E-state index in [-0.39, 0.29) is 0 Å². The van der Waals surface area contributed by atoms with E-state index in [1.165, 1.54) is 0 Å². The lowest BCUT2D eigenvalue weighted by molar-refractivity contribution is 0.183. The normalized spacial score (nSPS) is 19.2. The topological polar surface area (TPSA) is 76.9 Å². The number of nitrogens with two attached hydrogens (primary N) is 1. The maximum Gasteiger partial charge on any atom is 0.201 e. The van der Waals surface area contributed by atoms with Crippen LogP contribution in [0.15, 0.2) is 18.2 Å². The van der Waals surface area contributed by atoms with Crippen molar-refractivity contribution < 1.29 is 4.74 Å². The van der Waals surface area contributed by atoms with E-state index in [1.807, 2.05) is 16.7 Å². The largest absolute Gasteiger partial charge is 0.381 e. The lowest BCUT2D eigenvalue weighted by Crippen LogP contribution is -2.12. The van der Waals surface area contributed by atoms with Gasteiger partial charge < -0.3 is 15.0 Å². The van der Waals surface area contributed by atoms with Gasteiger partial charge in [-0.25, -0.2) is 4.98 Å². The van der Waals surface area contributed by atoms with Gasteiger partial charge in [-0.3, -0.25) is 0 Å². The molecule has 0 bridgehead atoms. The van der Waals surface area contributed by atoms with Gasteiger partial charge in [0.2, 0.25) is 5.95 Å². The van der Waals surface area contributed by atoms with Crippen molar-refractivity contribution in [2.24, 2.45) is 5.92 Å².